The minimum atomic E-state index is 0.472. The van der Waals surface area contributed by atoms with E-state index in [1.165, 1.54) is 22.3 Å². The Morgan fingerprint density at radius 2 is 1.67 bits per heavy atom. The van der Waals surface area contributed by atoms with E-state index < -0.39 is 0 Å². The number of anilines is 1. The maximum atomic E-state index is 5.83. The summed E-state index contributed by atoms with van der Waals surface area (Å²) in [6.07, 6.45) is 0. The Morgan fingerprint density at radius 3 is 2.53 bits per heavy atom. The average molecular weight is 195 g/mol. The van der Waals surface area contributed by atoms with Gasteiger partial charge >= 0.3 is 0 Å². The maximum Gasteiger partial charge on any atom is 0.0317 e. The van der Waals surface area contributed by atoms with Crippen molar-refractivity contribution in [2.45, 2.75) is 12.8 Å². The quantitative estimate of drug-likeness (QED) is 0.640. The van der Waals surface area contributed by atoms with E-state index in [0.717, 1.165) is 5.69 Å². The molecule has 0 amide bonds. The zero-order valence-corrected chi connectivity index (χ0v) is 8.70. The Labute approximate surface area is 89.6 Å². The fraction of sp³-hybridized carbons (Fsp3) is 0.143. The van der Waals surface area contributed by atoms with Crippen molar-refractivity contribution in [2.24, 2.45) is 0 Å². The molecule has 74 valence electrons. The van der Waals surface area contributed by atoms with Gasteiger partial charge in [0.25, 0.3) is 0 Å². The first kappa shape index (κ1) is 8.54. The lowest BCUT2D eigenvalue weighted by Gasteiger charge is -2.06. The van der Waals surface area contributed by atoms with Crippen LogP contribution in [0.2, 0.25) is 0 Å². The largest absolute Gasteiger partial charge is 0.399 e. The normalized spacial score (nSPS) is 17.3. The molecule has 0 spiro atoms. The lowest BCUT2D eigenvalue weighted by Crippen LogP contribution is -1.91. The third-order valence-electron chi connectivity index (χ3n) is 3.26. The van der Waals surface area contributed by atoms with Gasteiger partial charge in [0.1, 0.15) is 0 Å². The van der Waals surface area contributed by atoms with Crippen LogP contribution in [0, 0.1) is 0 Å². The fourth-order valence-electron chi connectivity index (χ4n) is 2.47. The molecule has 0 saturated carbocycles. The molecule has 15 heavy (non-hydrogen) atoms. The van der Waals surface area contributed by atoms with Crippen LogP contribution in [-0.4, -0.2) is 0 Å². The van der Waals surface area contributed by atoms with Crippen LogP contribution < -0.4 is 5.73 Å². The van der Waals surface area contributed by atoms with Crippen molar-refractivity contribution >= 4 is 5.69 Å². The van der Waals surface area contributed by atoms with Gasteiger partial charge in [0.05, 0.1) is 0 Å². The highest BCUT2D eigenvalue weighted by Gasteiger charge is 2.24. The van der Waals surface area contributed by atoms with Crippen LogP contribution in [0.1, 0.15) is 24.0 Å². The summed E-state index contributed by atoms with van der Waals surface area (Å²) in [6, 6.07) is 14.8. The molecule has 1 aliphatic rings. The minimum Gasteiger partial charge on any atom is -0.399 e. The van der Waals surface area contributed by atoms with Gasteiger partial charge in [0.15, 0.2) is 0 Å². The molecule has 3 rings (SSSR count). The van der Waals surface area contributed by atoms with E-state index in [9.17, 15) is 0 Å². The Balaban J connectivity index is 2.32. The first-order chi connectivity index (χ1) is 7.27. The van der Waals surface area contributed by atoms with Crippen molar-refractivity contribution in [1.29, 1.82) is 0 Å². The highest BCUT2D eigenvalue weighted by atomic mass is 14.5. The monoisotopic (exact) mass is 195 g/mol. The molecule has 0 radical (unpaired) electrons. The second-order valence-corrected chi connectivity index (χ2v) is 4.16. The summed E-state index contributed by atoms with van der Waals surface area (Å²) < 4.78 is 0. The molecule has 0 aliphatic heterocycles. The SMILES string of the molecule is C[C@@H]1c2ccccc2-c2ccc(N)cc21. The van der Waals surface area contributed by atoms with Crippen LogP contribution in [-0.2, 0) is 0 Å². The number of nitrogen functional groups attached to an aromatic ring is 1. The molecule has 2 N–H and O–H groups in total. The number of fused-ring (bicyclic) bond motifs is 3. The number of hydrogen-bond acceptors (Lipinski definition) is 1. The van der Waals surface area contributed by atoms with Gasteiger partial charge in [-0.25, -0.2) is 0 Å². The zero-order chi connectivity index (χ0) is 10.4. The summed E-state index contributed by atoms with van der Waals surface area (Å²) in [5, 5.41) is 0. The molecule has 0 saturated heterocycles. The Kier molecular flexibility index (Phi) is 1.63. The summed E-state index contributed by atoms with van der Waals surface area (Å²) in [6.45, 7) is 2.24. The lowest BCUT2D eigenvalue weighted by molar-refractivity contribution is 0.957. The van der Waals surface area contributed by atoms with Gasteiger partial charge in [-0.15, -0.1) is 0 Å². The molecule has 1 heteroatoms. The summed E-state index contributed by atoms with van der Waals surface area (Å²) in [5.41, 5.74) is 12.2. The molecule has 1 nitrogen and oxygen atoms in total. The van der Waals surface area contributed by atoms with Gasteiger partial charge in [-0.2, -0.15) is 0 Å². The van der Waals surface area contributed by atoms with Gasteiger partial charge < -0.3 is 5.73 Å². The predicted octanol–water partition coefficient (Wildman–Crippen LogP) is 3.40. The van der Waals surface area contributed by atoms with Crippen LogP contribution in [0.4, 0.5) is 5.69 Å². The Bertz CT molecular complexity index is 529. The number of hydrogen-bond donors (Lipinski definition) is 1. The van der Waals surface area contributed by atoms with Gasteiger partial charge in [-0.3, -0.25) is 0 Å². The standard InChI is InChI=1S/C14H13N/c1-9-11-4-2-3-5-12(11)13-7-6-10(15)8-14(9)13/h2-9H,15H2,1H3/t9-/m1/s1. The van der Waals surface area contributed by atoms with Gasteiger partial charge in [0.2, 0.25) is 0 Å². The number of rotatable bonds is 0. The minimum absolute atomic E-state index is 0.472. The topological polar surface area (TPSA) is 26.0 Å². The smallest absolute Gasteiger partial charge is 0.0317 e. The molecule has 1 atom stereocenters. The van der Waals surface area contributed by atoms with E-state index >= 15 is 0 Å². The molecule has 0 unspecified atom stereocenters. The summed E-state index contributed by atoms with van der Waals surface area (Å²) in [7, 11) is 0. The maximum absolute atomic E-state index is 5.83. The van der Waals surface area contributed by atoms with Gasteiger partial charge in [-0.05, 0) is 34.4 Å². The molecule has 2 aromatic carbocycles. The summed E-state index contributed by atoms with van der Waals surface area (Å²) >= 11 is 0. The van der Waals surface area contributed by atoms with Crippen LogP contribution in [0.25, 0.3) is 11.1 Å². The molecule has 1 aliphatic carbocycles. The molecular formula is C14H13N. The molecular weight excluding hydrogens is 182 g/mol. The van der Waals surface area contributed by atoms with Crippen LogP contribution in [0.3, 0.4) is 0 Å². The average Bonchev–Trinajstić information content (AvgIpc) is 2.54. The van der Waals surface area contributed by atoms with Crippen molar-refractivity contribution in [2.75, 3.05) is 5.73 Å². The first-order valence-electron chi connectivity index (χ1n) is 5.26. The van der Waals surface area contributed by atoms with Crippen molar-refractivity contribution in [3.63, 3.8) is 0 Å². The van der Waals surface area contributed by atoms with Crippen molar-refractivity contribution in [3.05, 3.63) is 53.6 Å². The Hall–Kier alpha value is -1.76. The van der Waals surface area contributed by atoms with Gasteiger partial charge in [0, 0.05) is 11.6 Å². The lowest BCUT2D eigenvalue weighted by atomic mass is 9.99. The van der Waals surface area contributed by atoms with E-state index in [2.05, 4.69) is 43.3 Å². The van der Waals surface area contributed by atoms with Crippen molar-refractivity contribution in [3.8, 4) is 11.1 Å². The van der Waals surface area contributed by atoms with Gasteiger partial charge in [-0.1, -0.05) is 37.3 Å². The molecule has 0 aromatic heterocycles. The third-order valence-corrected chi connectivity index (χ3v) is 3.26. The molecule has 0 bridgehead atoms. The summed E-state index contributed by atoms with van der Waals surface area (Å²) in [4.78, 5) is 0. The molecule has 2 aromatic rings. The van der Waals surface area contributed by atoms with E-state index in [-0.39, 0.29) is 0 Å². The van der Waals surface area contributed by atoms with E-state index in [4.69, 9.17) is 5.73 Å². The van der Waals surface area contributed by atoms with Crippen LogP contribution in [0.15, 0.2) is 42.5 Å². The third kappa shape index (κ3) is 1.09. The van der Waals surface area contributed by atoms with E-state index in [1.54, 1.807) is 0 Å². The Morgan fingerprint density at radius 1 is 0.933 bits per heavy atom. The highest BCUT2D eigenvalue weighted by Crippen LogP contribution is 2.44. The molecule has 0 fully saturated rings. The fourth-order valence-corrected chi connectivity index (χ4v) is 2.47. The number of benzene rings is 2. The summed E-state index contributed by atoms with van der Waals surface area (Å²) in [5.74, 6) is 0.472. The van der Waals surface area contributed by atoms with Crippen LogP contribution >= 0.6 is 0 Å². The number of nitrogens with two attached hydrogens (primary N) is 1. The van der Waals surface area contributed by atoms with E-state index in [0.29, 0.717) is 5.92 Å². The molecule has 0 heterocycles. The predicted molar refractivity (Wildman–Crippen MR) is 63.8 cm³/mol. The first-order valence-corrected chi connectivity index (χ1v) is 5.26. The second kappa shape index (κ2) is 2.86. The van der Waals surface area contributed by atoms with Crippen molar-refractivity contribution in [1.82, 2.24) is 0 Å². The second-order valence-electron chi connectivity index (χ2n) is 4.16. The zero-order valence-electron chi connectivity index (χ0n) is 8.70. The highest BCUT2D eigenvalue weighted by molar-refractivity contribution is 5.80. The van der Waals surface area contributed by atoms with Crippen LogP contribution in [0.5, 0.6) is 0 Å². The van der Waals surface area contributed by atoms with Crippen molar-refractivity contribution < 1.29 is 0 Å². The van der Waals surface area contributed by atoms with E-state index in [1.807, 2.05) is 6.07 Å².